The molecule has 0 bridgehead atoms. The number of nitrogens with zero attached hydrogens (tertiary/aromatic N) is 2. The number of rotatable bonds is 13. The third-order valence-corrected chi connectivity index (χ3v) is 6.16. The molecule has 0 radical (unpaired) electrons. The molecule has 33 heavy (non-hydrogen) atoms. The number of aliphatic carboxylic acids is 1. The van der Waals surface area contributed by atoms with E-state index in [4.69, 9.17) is 26.4 Å². The zero-order valence-corrected chi connectivity index (χ0v) is 20.6. The number of carbonyl (C=O) groups is 1. The van der Waals surface area contributed by atoms with Crippen LogP contribution in [0.1, 0.15) is 56.2 Å². The first-order valence-corrected chi connectivity index (χ1v) is 12.4. The van der Waals surface area contributed by atoms with Crippen LogP contribution < -0.4 is 4.74 Å². The van der Waals surface area contributed by atoms with Gasteiger partial charge in [0.1, 0.15) is 11.6 Å². The minimum Gasteiger partial charge on any atom is -0.493 e. The Morgan fingerprint density at radius 1 is 1.15 bits per heavy atom. The highest BCUT2D eigenvalue weighted by Crippen LogP contribution is 2.30. The Morgan fingerprint density at radius 3 is 2.64 bits per heavy atom. The van der Waals surface area contributed by atoms with Crippen LogP contribution in [0.15, 0.2) is 54.7 Å². The number of hydrogen-bond donors (Lipinski definition) is 2. The molecule has 3 rings (SSSR count). The molecule has 176 valence electrons. The highest BCUT2D eigenvalue weighted by atomic mass is 35.5. The fraction of sp³-hybridized carbons (Fsp3) is 0.385. The molecule has 0 saturated heterocycles. The highest BCUT2D eigenvalue weighted by Gasteiger charge is 2.18. The normalized spacial score (nSPS) is 12.0. The standard InChI is InChI=1S/C26H31ClN2O3S/c1-19(14-16-33)23-17-28-26(20-10-12-22(27)13-11-20)29(23)18-21-7-4-5-8-24(21)32-15-6-2-3-9-25(30)31/h4-5,7-8,10-13,17,19,33H,2-3,6,9,14-16,18H2,1H3,(H,30,31). The molecule has 0 aliphatic rings. The maximum Gasteiger partial charge on any atom is 0.303 e. The number of halogens is 1. The van der Waals surface area contributed by atoms with Gasteiger partial charge in [-0.05, 0) is 67.7 Å². The van der Waals surface area contributed by atoms with E-state index in [1.54, 1.807) is 0 Å². The largest absolute Gasteiger partial charge is 0.493 e. The maximum absolute atomic E-state index is 10.7. The maximum atomic E-state index is 10.7. The second-order valence-corrected chi connectivity index (χ2v) is 9.06. The quantitative estimate of drug-likeness (QED) is 0.208. The number of imidazole rings is 1. The Morgan fingerprint density at radius 2 is 1.91 bits per heavy atom. The molecule has 1 N–H and O–H groups in total. The topological polar surface area (TPSA) is 64.4 Å². The zero-order valence-electron chi connectivity index (χ0n) is 18.9. The molecule has 1 unspecified atom stereocenters. The van der Waals surface area contributed by atoms with Crippen LogP contribution in [0.5, 0.6) is 5.75 Å². The molecule has 0 aliphatic heterocycles. The van der Waals surface area contributed by atoms with Crippen LogP contribution in [0.25, 0.3) is 11.4 Å². The number of benzene rings is 2. The molecule has 0 spiro atoms. The first-order valence-electron chi connectivity index (χ1n) is 11.3. The van der Waals surface area contributed by atoms with Crippen molar-refractivity contribution in [2.24, 2.45) is 0 Å². The van der Waals surface area contributed by atoms with E-state index in [1.807, 2.05) is 48.7 Å². The molecule has 3 aromatic rings. The number of ether oxygens (including phenoxy) is 1. The summed E-state index contributed by atoms with van der Waals surface area (Å²) in [6.07, 6.45) is 5.46. The van der Waals surface area contributed by atoms with E-state index >= 15 is 0 Å². The molecule has 7 heteroatoms. The van der Waals surface area contributed by atoms with E-state index in [1.165, 1.54) is 0 Å². The number of carboxylic acids is 1. The van der Waals surface area contributed by atoms with Crippen molar-refractivity contribution in [2.75, 3.05) is 12.4 Å². The third kappa shape index (κ3) is 7.27. The fourth-order valence-corrected chi connectivity index (χ4v) is 4.32. The molecular formula is C26H31ClN2O3S. The van der Waals surface area contributed by atoms with Crippen LogP contribution in [0.2, 0.25) is 5.02 Å². The molecule has 1 heterocycles. The Hall–Kier alpha value is -2.44. The number of aromatic nitrogens is 2. The van der Waals surface area contributed by atoms with E-state index in [0.717, 1.165) is 53.4 Å². The van der Waals surface area contributed by atoms with Crippen LogP contribution >= 0.6 is 24.2 Å². The average Bonchev–Trinajstić information content (AvgIpc) is 3.21. The molecule has 1 atom stereocenters. The van der Waals surface area contributed by atoms with Gasteiger partial charge in [0.2, 0.25) is 0 Å². The molecule has 5 nitrogen and oxygen atoms in total. The first kappa shape index (κ1) is 25.2. The first-order chi connectivity index (χ1) is 16.0. The molecule has 0 saturated carbocycles. The number of hydrogen-bond acceptors (Lipinski definition) is 4. The fourth-order valence-electron chi connectivity index (χ4n) is 3.80. The minimum absolute atomic E-state index is 0.206. The van der Waals surface area contributed by atoms with Crippen LogP contribution in [0.3, 0.4) is 0 Å². The van der Waals surface area contributed by atoms with Crippen molar-refractivity contribution in [3.63, 3.8) is 0 Å². The Labute approximate surface area is 206 Å². The van der Waals surface area contributed by atoms with Crippen LogP contribution in [-0.2, 0) is 11.3 Å². The number of unbranched alkanes of at least 4 members (excludes halogenated alkanes) is 2. The van der Waals surface area contributed by atoms with Crippen molar-refractivity contribution in [1.29, 1.82) is 0 Å². The van der Waals surface area contributed by atoms with Gasteiger partial charge in [0.25, 0.3) is 0 Å². The summed E-state index contributed by atoms with van der Waals surface area (Å²) in [4.78, 5) is 15.4. The second-order valence-electron chi connectivity index (χ2n) is 8.17. The van der Waals surface area contributed by atoms with E-state index in [-0.39, 0.29) is 6.42 Å². The highest BCUT2D eigenvalue weighted by molar-refractivity contribution is 7.80. The van der Waals surface area contributed by atoms with Gasteiger partial charge in [-0.15, -0.1) is 0 Å². The summed E-state index contributed by atoms with van der Waals surface area (Å²) >= 11 is 10.5. The van der Waals surface area contributed by atoms with Crippen molar-refractivity contribution in [1.82, 2.24) is 9.55 Å². The molecule has 0 amide bonds. The summed E-state index contributed by atoms with van der Waals surface area (Å²) in [5.41, 5.74) is 3.26. The van der Waals surface area contributed by atoms with Gasteiger partial charge in [0.05, 0.1) is 13.2 Å². The van der Waals surface area contributed by atoms with Gasteiger partial charge >= 0.3 is 5.97 Å². The van der Waals surface area contributed by atoms with Gasteiger partial charge in [-0.2, -0.15) is 12.6 Å². The predicted octanol–water partition coefficient (Wildman–Crippen LogP) is 6.70. The lowest BCUT2D eigenvalue weighted by molar-refractivity contribution is -0.137. The summed E-state index contributed by atoms with van der Waals surface area (Å²) in [5, 5.41) is 9.47. The van der Waals surface area contributed by atoms with Gasteiger partial charge in [0, 0.05) is 34.5 Å². The second kappa shape index (κ2) is 12.7. The van der Waals surface area contributed by atoms with Crippen molar-refractivity contribution < 1.29 is 14.6 Å². The third-order valence-electron chi connectivity index (χ3n) is 5.65. The van der Waals surface area contributed by atoms with Gasteiger partial charge in [-0.1, -0.05) is 36.7 Å². The molecule has 1 aromatic heterocycles. The lowest BCUT2D eigenvalue weighted by Gasteiger charge is -2.18. The minimum atomic E-state index is -0.749. The van der Waals surface area contributed by atoms with Gasteiger partial charge < -0.3 is 14.4 Å². The SMILES string of the molecule is CC(CCS)c1cnc(-c2ccc(Cl)cc2)n1Cc1ccccc1OCCCCCC(=O)O. The van der Waals surface area contributed by atoms with E-state index in [0.29, 0.717) is 30.5 Å². The lowest BCUT2D eigenvalue weighted by Crippen LogP contribution is -2.11. The molecule has 2 aromatic carbocycles. The van der Waals surface area contributed by atoms with Gasteiger partial charge in [-0.3, -0.25) is 4.79 Å². The molecule has 0 fully saturated rings. The van der Waals surface area contributed by atoms with E-state index in [9.17, 15) is 4.79 Å². The smallest absolute Gasteiger partial charge is 0.303 e. The summed E-state index contributed by atoms with van der Waals surface area (Å²) < 4.78 is 8.35. The monoisotopic (exact) mass is 486 g/mol. The summed E-state index contributed by atoms with van der Waals surface area (Å²) in [5.74, 6) is 2.12. The van der Waals surface area contributed by atoms with Crippen molar-refractivity contribution in [2.45, 2.75) is 51.5 Å². The van der Waals surface area contributed by atoms with Crippen LogP contribution in [0, 0.1) is 0 Å². The Kier molecular flexibility index (Phi) is 9.70. The zero-order chi connectivity index (χ0) is 23.6. The van der Waals surface area contributed by atoms with Gasteiger partial charge in [-0.25, -0.2) is 4.98 Å². The van der Waals surface area contributed by atoms with Crippen LogP contribution in [-0.4, -0.2) is 33.0 Å². The number of para-hydroxylation sites is 1. The van der Waals surface area contributed by atoms with E-state index < -0.39 is 5.97 Å². The predicted molar refractivity (Wildman–Crippen MR) is 137 cm³/mol. The number of thiol groups is 1. The Balaban J connectivity index is 1.81. The average molecular weight is 487 g/mol. The number of carboxylic acid groups (broad SMARTS) is 1. The summed E-state index contributed by atoms with van der Waals surface area (Å²) in [7, 11) is 0. The Bertz CT molecular complexity index is 1040. The molecule has 0 aliphatic carbocycles. The summed E-state index contributed by atoms with van der Waals surface area (Å²) in [6, 6.07) is 15.8. The van der Waals surface area contributed by atoms with Gasteiger partial charge in [0.15, 0.2) is 0 Å². The lowest BCUT2D eigenvalue weighted by atomic mass is 10.0. The van der Waals surface area contributed by atoms with E-state index in [2.05, 4.69) is 30.2 Å². The van der Waals surface area contributed by atoms with Crippen molar-refractivity contribution in [3.05, 3.63) is 71.0 Å². The summed E-state index contributed by atoms with van der Waals surface area (Å²) in [6.45, 7) is 3.40. The van der Waals surface area contributed by atoms with Crippen molar-refractivity contribution >= 4 is 30.2 Å². The van der Waals surface area contributed by atoms with Crippen LogP contribution in [0.4, 0.5) is 0 Å². The molecular weight excluding hydrogens is 456 g/mol. The van der Waals surface area contributed by atoms with Crippen molar-refractivity contribution in [3.8, 4) is 17.1 Å².